The van der Waals surface area contributed by atoms with Crippen molar-refractivity contribution in [2.45, 2.75) is 19.8 Å². The van der Waals surface area contributed by atoms with Crippen molar-refractivity contribution in [1.29, 1.82) is 0 Å². The molecule has 0 aliphatic rings. The van der Waals surface area contributed by atoms with Crippen molar-refractivity contribution in [1.82, 2.24) is 0 Å². The SMILES string of the molecule is CCCC(=O)Nc1cccc(NC(=O)CNc2ccccc2Cl)c1. The fourth-order valence-electron chi connectivity index (χ4n) is 2.11. The highest BCUT2D eigenvalue weighted by atomic mass is 35.5. The zero-order valence-electron chi connectivity index (χ0n) is 13.4. The summed E-state index contributed by atoms with van der Waals surface area (Å²) in [4.78, 5) is 23.6. The average molecular weight is 346 g/mol. The van der Waals surface area contributed by atoms with Crippen LogP contribution in [0, 0.1) is 0 Å². The highest BCUT2D eigenvalue weighted by Crippen LogP contribution is 2.20. The van der Waals surface area contributed by atoms with Crippen molar-refractivity contribution in [3.8, 4) is 0 Å². The maximum Gasteiger partial charge on any atom is 0.243 e. The number of halogens is 1. The molecule has 24 heavy (non-hydrogen) atoms. The van der Waals surface area contributed by atoms with Crippen molar-refractivity contribution in [3.63, 3.8) is 0 Å². The molecule has 0 fully saturated rings. The van der Waals surface area contributed by atoms with E-state index < -0.39 is 0 Å². The summed E-state index contributed by atoms with van der Waals surface area (Å²) >= 11 is 6.03. The number of hydrogen-bond donors (Lipinski definition) is 3. The predicted molar refractivity (Wildman–Crippen MR) is 98.6 cm³/mol. The van der Waals surface area contributed by atoms with Crippen molar-refractivity contribution >= 4 is 40.5 Å². The third-order valence-corrected chi connectivity index (χ3v) is 3.55. The second-order valence-corrected chi connectivity index (χ2v) is 5.67. The van der Waals surface area contributed by atoms with Crippen LogP contribution in [0.4, 0.5) is 17.1 Å². The standard InChI is InChI=1S/C18H20ClN3O2/c1-2-6-17(23)21-13-7-5-8-14(11-13)22-18(24)12-20-16-10-4-3-9-15(16)19/h3-5,7-11,20H,2,6,12H2,1H3,(H,21,23)(H,22,24). The van der Waals surface area contributed by atoms with Crippen molar-refractivity contribution in [3.05, 3.63) is 53.6 Å². The van der Waals surface area contributed by atoms with E-state index in [1.807, 2.05) is 19.1 Å². The second kappa shape index (κ2) is 8.93. The summed E-state index contributed by atoms with van der Waals surface area (Å²) in [5.74, 6) is -0.242. The molecular weight excluding hydrogens is 326 g/mol. The molecule has 0 spiro atoms. The summed E-state index contributed by atoms with van der Waals surface area (Å²) in [5.41, 5.74) is 1.98. The van der Waals surface area contributed by atoms with Gasteiger partial charge in [0.1, 0.15) is 0 Å². The lowest BCUT2D eigenvalue weighted by molar-refractivity contribution is -0.116. The van der Waals surface area contributed by atoms with Crippen molar-refractivity contribution < 1.29 is 9.59 Å². The summed E-state index contributed by atoms with van der Waals surface area (Å²) in [6.07, 6.45) is 1.26. The number of rotatable bonds is 7. The molecule has 0 atom stereocenters. The van der Waals surface area contributed by atoms with Crippen LogP contribution in [0.15, 0.2) is 48.5 Å². The minimum Gasteiger partial charge on any atom is -0.375 e. The average Bonchev–Trinajstić information content (AvgIpc) is 2.54. The molecule has 6 heteroatoms. The van der Waals surface area contributed by atoms with Crippen LogP contribution in [0.3, 0.4) is 0 Å². The zero-order valence-corrected chi connectivity index (χ0v) is 14.2. The van der Waals surface area contributed by atoms with Gasteiger partial charge in [-0.2, -0.15) is 0 Å². The van der Waals surface area contributed by atoms with Crippen LogP contribution in [-0.2, 0) is 9.59 Å². The number of carbonyl (C=O) groups excluding carboxylic acids is 2. The van der Waals surface area contributed by atoms with Gasteiger partial charge in [0.25, 0.3) is 0 Å². The van der Waals surface area contributed by atoms with E-state index in [9.17, 15) is 9.59 Å². The van der Waals surface area contributed by atoms with Gasteiger partial charge in [-0.15, -0.1) is 0 Å². The van der Waals surface area contributed by atoms with Gasteiger partial charge in [-0.1, -0.05) is 36.7 Å². The molecule has 0 heterocycles. The number of amides is 2. The molecule has 0 bridgehead atoms. The molecule has 0 aliphatic carbocycles. The van der Waals surface area contributed by atoms with Gasteiger partial charge in [0, 0.05) is 17.8 Å². The number of benzene rings is 2. The number of hydrogen-bond acceptors (Lipinski definition) is 3. The molecular formula is C18H20ClN3O2. The Labute approximate surface area is 146 Å². The Morgan fingerprint density at radius 3 is 2.29 bits per heavy atom. The van der Waals surface area contributed by atoms with Crippen LogP contribution in [0.2, 0.25) is 5.02 Å². The fourth-order valence-corrected chi connectivity index (χ4v) is 2.31. The van der Waals surface area contributed by atoms with Crippen molar-refractivity contribution in [2.24, 2.45) is 0 Å². The lowest BCUT2D eigenvalue weighted by Crippen LogP contribution is -2.22. The summed E-state index contributed by atoms with van der Waals surface area (Å²) < 4.78 is 0. The van der Waals surface area contributed by atoms with E-state index in [1.54, 1.807) is 36.4 Å². The molecule has 0 aromatic heterocycles. The molecule has 3 N–H and O–H groups in total. The Balaban J connectivity index is 1.89. The maximum absolute atomic E-state index is 12.0. The van der Waals surface area contributed by atoms with Gasteiger partial charge in [0.05, 0.1) is 17.3 Å². The first-order valence-electron chi connectivity index (χ1n) is 7.76. The second-order valence-electron chi connectivity index (χ2n) is 5.26. The van der Waals surface area contributed by atoms with Gasteiger partial charge in [0.2, 0.25) is 11.8 Å². The topological polar surface area (TPSA) is 70.2 Å². The predicted octanol–water partition coefficient (Wildman–Crippen LogP) is 4.13. The van der Waals surface area contributed by atoms with Crippen LogP contribution < -0.4 is 16.0 Å². The molecule has 0 saturated heterocycles. The van der Waals surface area contributed by atoms with Crippen molar-refractivity contribution in [2.75, 3.05) is 22.5 Å². The number of anilines is 3. The third-order valence-electron chi connectivity index (χ3n) is 3.22. The quantitative estimate of drug-likeness (QED) is 0.706. The van der Waals surface area contributed by atoms with Gasteiger partial charge < -0.3 is 16.0 Å². The van der Waals surface area contributed by atoms with E-state index in [2.05, 4.69) is 16.0 Å². The summed E-state index contributed by atoms with van der Waals surface area (Å²) in [7, 11) is 0. The van der Waals surface area contributed by atoms with Crippen LogP contribution in [-0.4, -0.2) is 18.4 Å². The van der Waals surface area contributed by atoms with Gasteiger partial charge in [0.15, 0.2) is 0 Å². The molecule has 0 radical (unpaired) electrons. The smallest absolute Gasteiger partial charge is 0.243 e. The normalized spacial score (nSPS) is 10.1. The number of carbonyl (C=O) groups is 2. The molecule has 2 rings (SSSR count). The molecule has 2 amide bonds. The molecule has 2 aromatic carbocycles. The fraction of sp³-hybridized carbons (Fsp3) is 0.222. The van der Waals surface area contributed by atoms with Crippen LogP contribution in [0.5, 0.6) is 0 Å². The molecule has 126 valence electrons. The minimum atomic E-state index is -0.202. The van der Waals surface area contributed by atoms with Gasteiger partial charge in [-0.3, -0.25) is 9.59 Å². The van der Waals surface area contributed by atoms with Crippen LogP contribution >= 0.6 is 11.6 Å². The summed E-state index contributed by atoms with van der Waals surface area (Å²) in [6, 6.07) is 14.3. The Bertz CT molecular complexity index is 719. The van der Waals surface area contributed by atoms with Crippen LogP contribution in [0.1, 0.15) is 19.8 Å². The zero-order chi connectivity index (χ0) is 17.4. The van der Waals surface area contributed by atoms with E-state index in [4.69, 9.17) is 11.6 Å². The van der Waals surface area contributed by atoms with E-state index in [0.29, 0.717) is 28.5 Å². The Morgan fingerprint density at radius 2 is 1.62 bits per heavy atom. The van der Waals surface area contributed by atoms with Gasteiger partial charge in [-0.05, 0) is 36.8 Å². The monoisotopic (exact) mass is 345 g/mol. The largest absolute Gasteiger partial charge is 0.375 e. The minimum absolute atomic E-state index is 0.0404. The maximum atomic E-state index is 12.0. The summed E-state index contributed by atoms with van der Waals surface area (Å²) in [5, 5.41) is 9.12. The third kappa shape index (κ3) is 5.59. The summed E-state index contributed by atoms with van der Waals surface area (Å²) in [6.45, 7) is 2.04. The highest BCUT2D eigenvalue weighted by molar-refractivity contribution is 6.33. The molecule has 0 unspecified atom stereocenters. The first kappa shape index (κ1) is 17.8. The molecule has 5 nitrogen and oxygen atoms in total. The number of nitrogens with one attached hydrogen (secondary N) is 3. The Kier molecular flexibility index (Phi) is 6.63. The Hall–Kier alpha value is -2.53. The highest BCUT2D eigenvalue weighted by Gasteiger charge is 2.06. The lowest BCUT2D eigenvalue weighted by atomic mass is 10.2. The van der Waals surface area contributed by atoms with Crippen LogP contribution in [0.25, 0.3) is 0 Å². The first-order valence-corrected chi connectivity index (χ1v) is 8.14. The van der Waals surface area contributed by atoms with E-state index in [0.717, 1.165) is 6.42 Å². The van der Waals surface area contributed by atoms with E-state index in [1.165, 1.54) is 0 Å². The molecule has 0 saturated carbocycles. The van der Waals surface area contributed by atoms with E-state index in [-0.39, 0.29) is 18.4 Å². The van der Waals surface area contributed by atoms with Gasteiger partial charge in [-0.25, -0.2) is 0 Å². The Morgan fingerprint density at radius 1 is 0.958 bits per heavy atom. The molecule has 0 aliphatic heterocycles. The van der Waals surface area contributed by atoms with E-state index >= 15 is 0 Å². The first-order chi connectivity index (χ1) is 11.6. The molecule has 2 aromatic rings. The lowest BCUT2D eigenvalue weighted by Gasteiger charge is -2.10. The number of para-hydroxylation sites is 1. The van der Waals surface area contributed by atoms with Gasteiger partial charge >= 0.3 is 0 Å².